The minimum atomic E-state index is -4.35. The maximum Gasteiger partial charge on any atom is 0.365 e. The molecular formula is C8H9N2O7P. The summed E-state index contributed by atoms with van der Waals surface area (Å²) < 4.78 is 16.2. The van der Waals surface area contributed by atoms with Gasteiger partial charge in [0.05, 0.1) is 22.5 Å². The van der Waals surface area contributed by atoms with E-state index in [-0.39, 0.29) is 6.61 Å². The van der Waals surface area contributed by atoms with E-state index in [1.807, 2.05) is 0 Å². The number of hydrogen-bond acceptors (Lipinski definition) is 6. The summed E-state index contributed by atoms with van der Waals surface area (Å²) in [6.07, 6.45) is 0. The van der Waals surface area contributed by atoms with Gasteiger partial charge in [-0.15, -0.1) is 0 Å². The molecule has 0 spiro atoms. The molecule has 9 nitrogen and oxygen atoms in total. The molecule has 1 aromatic carbocycles. The van der Waals surface area contributed by atoms with Crippen LogP contribution in [0.3, 0.4) is 0 Å². The van der Waals surface area contributed by atoms with Gasteiger partial charge in [-0.25, -0.2) is 0 Å². The normalized spacial score (nSPS) is 13.9. The van der Waals surface area contributed by atoms with E-state index in [1.54, 1.807) is 0 Å². The quantitative estimate of drug-likeness (QED) is 0.487. The molecule has 1 rings (SSSR count). The van der Waals surface area contributed by atoms with Crippen LogP contribution >= 0.6 is 7.60 Å². The van der Waals surface area contributed by atoms with Gasteiger partial charge in [0.2, 0.25) is 0 Å². The molecular weight excluding hydrogens is 267 g/mol. The zero-order chi connectivity index (χ0) is 13.9. The van der Waals surface area contributed by atoms with E-state index in [4.69, 9.17) is 0 Å². The zero-order valence-corrected chi connectivity index (χ0v) is 10.1. The van der Waals surface area contributed by atoms with Gasteiger partial charge in [0.15, 0.2) is 0 Å². The van der Waals surface area contributed by atoms with Gasteiger partial charge in [-0.1, -0.05) is 0 Å². The van der Waals surface area contributed by atoms with Crippen LogP contribution in [0.25, 0.3) is 0 Å². The van der Waals surface area contributed by atoms with Crippen LogP contribution in [-0.4, -0.2) is 21.3 Å². The predicted molar refractivity (Wildman–Crippen MR) is 60.8 cm³/mol. The highest BCUT2D eigenvalue weighted by atomic mass is 31.2. The number of nitro groups is 2. The lowest BCUT2D eigenvalue weighted by molar-refractivity contribution is -0.393. The Labute approximate surface area is 101 Å². The van der Waals surface area contributed by atoms with Crippen molar-refractivity contribution in [3.8, 4) is 0 Å². The van der Waals surface area contributed by atoms with Crippen molar-refractivity contribution < 1.29 is 23.8 Å². The van der Waals surface area contributed by atoms with Crippen LogP contribution in [0.2, 0.25) is 0 Å². The molecule has 1 aromatic rings. The van der Waals surface area contributed by atoms with Crippen molar-refractivity contribution in [1.29, 1.82) is 0 Å². The summed E-state index contributed by atoms with van der Waals surface area (Å²) in [5, 5.41) is 20.7. The summed E-state index contributed by atoms with van der Waals surface area (Å²) >= 11 is 0. The lowest BCUT2D eigenvalue weighted by Gasteiger charge is -2.10. The van der Waals surface area contributed by atoms with Gasteiger partial charge in [0.25, 0.3) is 11.4 Å². The Kier molecular flexibility index (Phi) is 4.12. The van der Waals surface area contributed by atoms with Crippen molar-refractivity contribution in [1.82, 2.24) is 0 Å². The fraction of sp³-hybridized carbons (Fsp3) is 0.250. The smallest absolute Gasteiger partial charge is 0.321 e. The molecule has 0 aliphatic heterocycles. The van der Waals surface area contributed by atoms with Gasteiger partial charge in [-0.3, -0.25) is 24.8 Å². The van der Waals surface area contributed by atoms with Crippen molar-refractivity contribution in [3.63, 3.8) is 0 Å². The minimum absolute atomic E-state index is 0.123. The highest BCUT2D eigenvalue weighted by Crippen LogP contribution is 2.43. The van der Waals surface area contributed by atoms with E-state index in [1.165, 1.54) is 6.92 Å². The van der Waals surface area contributed by atoms with Crippen molar-refractivity contribution in [2.45, 2.75) is 6.92 Å². The molecule has 0 aromatic heterocycles. The first-order chi connectivity index (χ1) is 8.29. The summed E-state index contributed by atoms with van der Waals surface area (Å²) in [7, 11) is -4.35. The molecule has 0 heterocycles. The van der Waals surface area contributed by atoms with E-state index >= 15 is 0 Å². The minimum Gasteiger partial charge on any atom is -0.321 e. The molecule has 0 aliphatic rings. The molecule has 0 amide bonds. The Hall–Kier alpha value is -1.83. The van der Waals surface area contributed by atoms with Crippen LogP contribution in [0.5, 0.6) is 0 Å². The Morgan fingerprint density at radius 3 is 2.39 bits per heavy atom. The van der Waals surface area contributed by atoms with Crippen LogP contribution in [0.4, 0.5) is 11.4 Å². The van der Waals surface area contributed by atoms with Crippen molar-refractivity contribution in [3.05, 3.63) is 38.4 Å². The molecule has 10 heteroatoms. The number of rotatable bonds is 5. The summed E-state index contributed by atoms with van der Waals surface area (Å²) in [5.74, 6) is 0. The lowest BCUT2D eigenvalue weighted by Crippen LogP contribution is -2.13. The van der Waals surface area contributed by atoms with Crippen LogP contribution in [0.1, 0.15) is 6.92 Å². The van der Waals surface area contributed by atoms with Gasteiger partial charge in [0.1, 0.15) is 5.30 Å². The zero-order valence-electron chi connectivity index (χ0n) is 9.18. The summed E-state index contributed by atoms with van der Waals surface area (Å²) in [6.45, 7) is 1.32. The first kappa shape index (κ1) is 14.2. The Morgan fingerprint density at radius 1 is 1.33 bits per heavy atom. The van der Waals surface area contributed by atoms with E-state index < -0.39 is 34.1 Å². The molecule has 0 saturated heterocycles. The maximum atomic E-state index is 11.7. The second-order valence-corrected chi connectivity index (χ2v) is 4.91. The topological polar surface area (TPSA) is 133 Å². The summed E-state index contributed by atoms with van der Waals surface area (Å²) in [6, 6.07) is 2.38. The van der Waals surface area contributed by atoms with Crippen LogP contribution < -0.4 is 5.30 Å². The highest BCUT2D eigenvalue weighted by molar-refractivity contribution is 7.61. The molecule has 0 bridgehead atoms. The van der Waals surface area contributed by atoms with Gasteiger partial charge < -0.3 is 9.42 Å². The molecule has 0 saturated carbocycles. The number of benzene rings is 1. The van der Waals surface area contributed by atoms with E-state index in [0.29, 0.717) is 6.07 Å². The van der Waals surface area contributed by atoms with Crippen LogP contribution in [0.15, 0.2) is 18.2 Å². The third kappa shape index (κ3) is 2.89. The van der Waals surface area contributed by atoms with Gasteiger partial charge in [0, 0.05) is 6.07 Å². The predicted octanol–water partition coefficient (Wildman–Crippen LogP) is 1.35. The molecule has 0 radical (unpaired) electrons. The Morgan fingerprint density at radius 2 is 1.94 bits per heavy atom. The Bertz CT molecular complexity index is 544. The van der Waals surface area contributed by atoms with Crippen LogP contribution in [-0.2, 0) is 9.09 Å². The lowest BCUT2D eigenvalue weighted by atomic mass is 10.3. The first-order valence-corrected chi connectivity index (χ1v) is 6.28. The molecule has 18 heavy (non-hydrogen) atoms. The average Bonchev–Trinajstić information content (AvgIpc) is 2.27. The standard InChI is InChI=1S/C8H9N2O7P/c1-2-17-18(15,16)8-4-3-6(9(11)12)5-7(8)10(13)14/h3-5H,2H2,1H3,(H,15,16). The number of hydrogen-bond donors (Lipinski definition) is 1. The summed E-state index contributed by atoms with van der Waals surface area (Å²) in [5.41, 5.74) is -1.36. The van der Waals surface area contributed by atoms with Gasteiger partial charge in [-0.2, -0.15) is 0 Å². The molecule has 1 unspecified atom stereocenters. The SMILES string of the molecule is CCOP(=O)(O)c1ccc([N+](=O)[O-])cc1[N+](=O)[O-]. The molecule has 0 fully saturated rings. The second-order valence-electron chi connectivity index (χ2n) is 3.13. The molecule has 98 valence electrons. The van der Waals surface area contributed by atoms with Gasteiger partial charge in [-0.05, 0) is 13.0 Å². The van der Waals surface area contributed by atoms with Gasteiger partial charge >= 0.3 is 7.60 Å². The molecule has 1 atom stereocenters. The monoisotopic (exact) mass is 276 g/mol. The van der Waals surface area contributed by atoms with E-state index in [2.05, 4.69) is 4.52 Å². The third-order valence-corrected chi connectivity index (χ3v) is 3.57. The Balaban J connectivity index is 3.41. The molecule has 1 N–H and O–H groups in total. The van der Waals surface area contributed by atoms with Crippen molar-refractivity contribution >= 4 is 24.3 Å². The first-order valence-electron chi connectivity index (χ1n) is 4.70. The number of non-ortho nitro benzene ring substituents is 1. The average molecular weight is 276 g/mol. The number of nitro benzene ring substituents is 2. The van der Waals surface area contributed by atoms with Crippen molar-refractivity contribution in [2.24, 2.45) is 0 Å². The van der Waals surface area contributed by atoms with Crippen LogP contribution in [0, 0.1) is 20.2 Å². The number of nitrogens with zero attached hydrogens (tertiary/aromatic N) is 2. The fourth-order valence-electron chi connectivity index (χ4n) is 1.26. The second kappa shape index (κ2) is 5.21. The maximum absolute atomic E-state index is 11.7. The summed E-state index contributed by atoms with van der Waals surface area (Å²) in [4.78, 5) is 28.9. The van der Waals surface area contributed by atoms with Crippen molar-refractivity contribution in [2.75, 3.05) is 6.61 Å². The fourth-order valence-corrected chi connectivity index (χ4v) is 2.44. The van der Waals surface area contributed by atoms with E-state index in [9.17, 15) is 29.7 Å². The largest absolute Gasteiger partial charge is 0.365 e. The van der Waals surface area contributed by atoms with E-state index in [0.717, 1.165) is 12.1 Å². The highest BCUT2D eigenvalue weighted by Gasteiger charge is 2.33. The molecule has 0 aliphatic carbocycles. The third-order valence-electron chi connectivity index (χ3n) is 1.98.